The fourth-order valence-corrected chi connectivity index (χ4v) is 3.45. The summed E-state index contributed by atoms with van der Waals surface area (Å²) in [4.78, 5) is 14.5. The number of rotatable bonds is 6. The van der Waals surface area contributed by atoms with Crippen LogP contribution in [0.15, 0.2) is 0 Å². The van der Waals surface area contributed by atoms with E-state index >= 15 is 0 Å². The molecule has 0 aliphatic heterocycles. The van der Waals surface area contributed by atoms with E-state index in [4.69, 9.17) is 5.73 Å². The number of hydrogen-bond donors (Lipinski definition) is 1. The Kier molecular flexibility index (Phi) is 4.43. The van der Waals surface area contributed by atoms with Crippen molar-refractivity contribution in [2.45, 2.75) is 45.4 Å². The van der Waals surface area contributed by atoms with E-state index in [2.05, 4.69) is 11.8 Å². The van der Waals surface area contributed by atoms with E-state index in [9.17, 15) is 4.79 Å². The minimum absolute atomic E-state index is 0.377. The molecule has 0 aromatic heterocycles. The Morgan fingerprint density at radius 1 is 1.24 bits per heavy atom. The lowest BCUT2D eigenvalue weighted by molar-refractivity contribution is -0.133. The molecule has 2 saturated carbocycles. The molecular formula is C14H26N2O. The molecule has 17 heavy (non-hydrogen) atoms. The first kappa shape index (κ1) is 12.9. The molecule has 3 heteroatoms. The van der Waals surface area contributed by atoms with Crippen molar-refractivity contribution in [3.05, 3.63) is 0 Å². The van der Waals surface area contributed by atoms with Gasteiger partial charge in [-0.2, -0.15) is 0 Å². The monoisotopic (exact) mass is 238 g/mol. The third kappa shape index (κ3) is 2.82. The highest BCUT2D eigenvalue weighted by atomic mass is 16.2. The zero-order chi connectivity index (χ0) is 12.3. The van der Waals surface area contributed by atoms with Crippen LogP contribution in [0.5, 0.6) is 0 Å². The second-order valence-electron chi connectivity index (χ2n) is 5.61. The summed E-state index contributed by atoms with van der Waals surface area (Å²) < 4.78 is 0. The predicted molar refractivity (Wildman–Crippen MR) is 69.5 cm³/mol. The molecule has 3 nitrogen and oxygen atoms in total. The fourth-order valence-electron chi connectivity index (χ4n) is 3.45. The van der Waals surface area contributed by atoms with Gasteiger partial charge in [0.05, 0.1) is 0 Å². The molecule has 2 aliphatic rings. The molecule has 2 atom stereocenters. The molecule has 2 aliphatic carbocycles. The van der Waals surface area contributed by atoms with Gasteiger partial charge in [0.15, 0.2) is 0 Å². The summed E-state index contributed by atoms with van der Waals surface area (Å²) in [6, 6.07) is 0. The zero-order valence-electron chi connectivity index (χ0n) is 11.0. The van der Waals surface area contributed by atoms with Crippen molar-refractivity contribution in [2.75, 3.05) is 19.6 Å². The minimum atomic E-state index is 0.377. The summed E-state index contributed by atoms with van der Waals surface area (Å²) in [5.74, 6) is 2.26. The minimum Gasteiger partial charge on any atom is -0.342 e. The first-order valence-corrected chi connectivity index (χ1v) is 7.28. The van der Waals surface area contributed by atoms with Gasteiger partial charge in [-0.3, -0.25) is 4.79 Å². The van der Waals surface area contributed by atoms with Crippen LogP contribution in [0.3, 0.4) is 0 Å². The number of carbonyl (C=O) groups excluding carboxylic acids is 1. The molecule has 0 aromatic rings. The highest BCUT2D eigenvalue weighted by Crippen LogP contribution is 2.56. The van der Waals surface area contributed by atoms with E-state index in [1.807, 2.05) is 0 Å². The van der Waals surface area contributed by atoms with Crippen molar-refractivity contribution in [1.29, 1.82) is 0 Å². The highest BCUT2D eigenvalue weighted by molar-refractivity contribution is 5.82. The van der Waals surface area contributed by atoms with E-state index in [0.717, 1.165) is 37.8 Å². The number of nitrogens with zero attached hydrogens (tertiary/aromatic N) is 1. The zero-order valence-corrected chi connectivity index (χ0v) is 11.0. The van der Waals surface area contributed by atoms with Crippen molar-refractivity contribution in [1.82, 2.24) is 4.90 Å². The van der Waals surface area contributed by atoms with Gasteiger partial charge in [-0.25, -0.2) is 0 Å². The molecule has 0 saturated heterocycles. The molecule has 0 aromatic carbocycles. The summed E-state index contributed by atoms with van der Waals surface area (Å²) in [5, 5.41) is 0. The van der Waals surface area contributed by atoms with E-state index in [1.165, 1.54) is 25.7 Å². The van der Waals surface area contributed by atoms with Gasteiger partial charge < -0.3 is 10.6 Å². The molecule has 1 amide bonds. The quantitative estimate of drug-likeness (QED) is 0.769. The molecular weight excluding hydrogens is 212 g/mol. The van der Waals surface area contributed by atoms with Crippen LogP contribution in [0.1, 0.15) is 45.4 Å². The van der Waals surface area contributed by atoms with Gasteiger partial charge >= 0.3 is 0 Å². The average molecular weight is 238 g/mol. The molecule has 0 radical (unpaired) electrons. The smallest absolute Gasteiger partial charge is 0.226 e. The standard InChI is InChI=1S/C14H26N2O/c1-2-9-16(10-5-8-15)14(17)13-11-6-3-4-7-12(11)13/h11-13H,2-10,15H2,1H3. The topological polar surface area (TPSA) is 46.3 Å². The average Bonchev–Trinajstić information content (AvgIpc) is 3.08. The van der Waals surface area contributed by atoms with Gasteiger partial charge in [0, 0.05) is 19.0 Å². The van der Waals surface area contributed by atoms with Crippen LogP contribution in [-0.4, -0.2) is 30.4 Å². The number of fused-ring (bicyclic) bond motifs is 1. The third-order valence-corrected chi connectivity index (χ3v) is 4.38. The highest BCUT2D eigenvalue weighted by Gasteiger charge is 2.55. The number of nitrogens with two attached hydrogens (primary N) is 1. The summed E-state index contributed by atoms with van der Waals surface area (Å²) in [6.07, 6.45) is 7.24. The van der Waals surface area contributed by atoms with Gasteiger partial charge in [-0.1, -0.05) is 19.8 Å². The second kappa shape index (κ2) is 5.85. The van der Waals surface area contributed by atoms with E-state index in [0.29, 0.717) is 18.4 Å². The summed E-state index contributed by atoms with van der Waals surface area (Å²) >= 11 is 0. The second-order valence-corrected chi connectivity index (χ2v) is 5.61. The fraction of sp³-hybridized carbons (Fsp3) is 0.929. The van der Waals surface area contributed by atoms with E-state index in [-0.39, 0.29) is 0 Å². The maximum Gasteiger partial charge on any atom is 0.226 e. The van der Waals surface area contributed by atoms with Crippen molar-refractivity contribution in [2.24, 2.45) is 23.5 Å². The largest absolute Gasteiger partial charge is 0.342 e. The van der Waals surface area contributed by atoms with Crippen molar-refractivity contribution < 1.29 is 4.79 Å². The lowest BCUT2D eigenvalue weighted by atomic mass is 10.0. The maximum atomic E-state index is 12.5. The third-order valence-electron chi connectivity index (χ3n) is 4.38. The molecule has 98 valence electrons. The summed E-state index contributed by atoms with van der Waals surface area (Å²) in [6.45, 7) is 4.60. The Balaban J connectivity index is 1.87. The Morgan fingerprint density at radius 2 is 1.88 bits per heavy atom. The lowest BCUT2D eigenvalue weighted by Crippen LogP contribution is -2.35. The van der Waals surface area contributed by atoms with Crippen LogP contribution in [0.25, 0.3) is 0 Å². The Bertz CT molecular complexity index is 255. The number of carbonyl (C=O) groups is 1. The molecule has 2 unspecified atom stereocenters. The van der Waals surface area contributed by atoms with Gasteiger partial charge in [0.2, 0.25) is 5.91 Å². The predicted octanol–water partition coefficient (Wildman–Crippen LogP) is 2.01. The van der Waals surface area contributed by atoms with Gasteiger partial charge in [-0.05, 0) is 44.1 Å². The van der Waals surface area contributed by atoms with Crippen LogP contribution in [0.4, 0.5) is 0 Å². The normalized spacial score (nSPS) is 30.8. The van der Waals surface area contributed by atoms with E-state index in [1.54, 1.807) is 0 Å². The van der Waals surface area contributed by atoms with Crippen molar-refractivity contribution >= 4 is 5.91 Å². The molecule has 0 bridgehead atoms. The summed E-state index contributed by atoms with van der Waals surface area (Å²) in [5.41, 5.74) is 5.54. The Morgan fingerprint density at radius 3 is 2.41 bits per heavy atom. The number of hydrogen-bond acceptors (Lipinski definition) is 2. The Hall–Kier alpha value is -0.570. The Labute approximate surface area is 105 Å². The number of amides is 1. The SMILES string of the molecule is CCCN(CCCN)C(=O)C1C2CCCCC21. The van der Waals surface area contributed by atoms with Crippen LogP contribution >= 0.6 is 0 Å². The van der Waals surface area contributed by atoms with Gasteiger partial charge in [0.25, 0.3) is 0 Å². The summed E-state index contributed by atoms with van der Waals surface area (Å²) in [7, 11) is 0. The van der Waals surface area contributed by atoms with Gasteiger partial charge in [0.1, 0.15) is 0 Å². The molecule has 2 N–H and O–H groups in total. The first-order chi connectivity index (χ1) is 8.29. The van der Waals surface area contributed by atoms with Crippen LogP contribution in [0, 0.1) is 17.8 Å². The van der Waals surface area contributed by atoms with Crippen molar-refractivity contribution in [3.63, 3.8) is 0 Å². The molecule has 2 fully saturated rings. The van der Waals surface area contributed by atoms with Crippen molar-refractivity contribution in [3.8, 4) is 0 Å². The maximum absolute atomic E-state index is 12.5. The molecule has 0 spiro atoms. The van der Waals surface area contributed by atoms with Crippen LogP contribution in [-0.2, 0) is 4.79 Å². The molecule has 0 heterocycles. The van der Waals surface area contributed by atoms with Crippen LogP contribution < -0.4 is 5.73 Å². The van der Waals surface area contributed by atoms with Gasteiger partial charge in [-0.15, -0.1) is 0 Å². The van der Waals surface area contributed by atoms with E-state index < -0.39 is 0 Å². The van der Waals surface area contributed by atoms with Crippen LogP contribution in [0.2, 0.25) is 0 Å². The molecule has 2 rings (SSSR count). The first-order valence-electron chi connectivity index (χ1n) is 7.28. The lowest BCUT2D eigenvalue weighted by Gasteiger charge is -2.22.